The van der Waals surface area contributed by atoms with Gasteiger partial charge in [0.05, 0.1) is 15.3 Å². The van der Waals surface area contributed by atoms with E-state index in [9.17, 15) is 23.3 Å². The first-order valence-corrected chi connectivity index (χ1v) is 13.7. The molecule has 0 aliphatic rings. The predicted molar refractivity (Wildman–Crippen MR) is 117 cm³/mol. The molecule has 0 amide bonds. The SMILES string of the molecule is C[Si](C)(C)CCOCn1cc(Cl)c2c(Oc3ccc([N+](=O)[O-])cc3C(F)(F)F)ccnc21. The van der Waals surface area contributed by atoms with Crippen LogP contribution in [0.4, 0.5) is 18.9 Å². The minimum Gasteiger partial charge on any atom is -0.456 e. The molecular weight excluding hydrogens is 467 g/mol. The van der Waals surface area contributed by atoms with Crippen LogP contribution in [-0.2, 0) is 17.6 Å². The molecule has 2 aromatic heterocycles. The first-order chi connectivity index (χ1) is 14.9. The molecule has 3 aromatic rings. The summed E-state index contributed by atoms with van der Waals surface area (Å²) >= 11 is 6.33. The zero-order valence-electron chi connectivity index (χ0n) is 17.6. The fourth-order valence-electron chi connectivity index (χ4n) is 2.92. The smallest absolute Gasteiger partial charge is 0.420 e. The molecule has 0 bridgehead atoms. The number of alkyl halides is 3. The van der Waals surface area contributed by atoms with Crippen LogP contribution >= 0.6 is 11.6 Å². The molecule has 0 fully saturated rings. The number of aromatic nitrogens is 2. The van der Waals surface area contributed by atoms with Crippen molar-refractivity contribution in [3.63, 3.8) is 0 Å². The number of nitro benzene ring substituents is 1. The average Bonchev–Trinajstić information content (AvgIpc) is 3.00. The molecule has 32 heavy (non-hydrogen) atoms. The van der Waals surface area contributed by atoms with Gasteiger partial charge >= 0.3 is 6.18 Å². The van der Waals surface area contributed by atoms with E-state index in [0.717, 1.165) is 18.2 Å². The van der Waals surface area contributed by atoms with Crippen molar-refractivity contribution in [2.75, 3.05) is 6.61 Å². The first kappa shape index (κ1) is 24.0. The van der Waals surface area contributed by atoms with Gasteiger partial charge in [-0.25, -0.2) is 4.98 Å². The maximum absolute atomic E-state index is 13.5. The Hall–Kier alpha value is -2.63. The Kier molecular flexibility index (Phi) is 6.82. The third-order valence-electron chi connectivity index (χ3n) is 4.60. The maximum atomic E-state index is 13.5. The summed E-state index contributed by atoms with van der Waals surface area (Å²) in [6.45, 7) is 7.45. The van der Waals surface area contributed by atoms with Crippen LogP contribution in [0, 0.1) is 10.1 Å². The third kappa shape index (κ3) is 5.58. The van der Waals surface area contributed by atoms with Crippen LogP contribution in [0.15, 0.2) is 36.7 Å². The Morgan fingerprint density at radius 3 is 2.56 bits per heavy atom. The van der Waals surface area contributed by atoms with Crippen LogP contribution < -0.4 is 4.74 Å². The van der Waals surface area contributed by atoms with E-state index in [4.69, 9.17) is 21.1 Å². The molecule has 0 atom stereocenters. The lowest BCUT2D eigenvalue weighted by Gasteiger charge is -2.16. The fraction of sp³-hybridized carbons (Fsp3) is 0.350. The number of ether oxygens (including phenoxy) is 2. The second-order valence-electron chi connectivity index (χ2n) is 8.34. The number of nitrogens with zero attached hydrogens (tertiary/aromatic N) is 3. The van der Waals surface area contributed by atoms with Crippen molar-refractivity contribution < 1.29 is 27.6 Å². The highest BCUT2D eigenvalue weighted by Crippen LogP contribution is 2.42. The van der Waals surface area contributed by atoms with Crippen molar-refractivity contribution in [2.45, 2.75) is 38.6 Å². The Balaban J connectivity index is 1.92. The minimum absolute atomic E-state index is 0.0419. The first-order valence-electron chi connectivity index (χ1n) is 9.61. The molecule has 0 radical (unpaired) electrons. The molecule has 0 aliphatic heterocycles. The Labute approximate surface area is 187 Å². The zero-order chi connectivity index (χ0) is 23.7. The zero-order valence-corrected chi connectivity index (χ0v) is 19.3. The van der Waals surface area contributed by atoms with Gasteiger partial charge in [0, 0.05) is 39.2 Å². The number of nitro groups is 1. The molecule has 0 N–H and O–H groups in total. The van der Waals surface area contributed by atoms with Gasteiger partial charge in [0.2, 0.25) is 0 Å². The topological polar surface area (TPSA) is 79.4 Å². The Morgan fingerprint density at radius 2 is 1.94 bits per heavy atom. The van der Waals surface area contributed by atoms with Gasteiger partial charge in [-0.3, -0.25) is 10.1 Å². The van der Waals surface area contributed by atoms with E-state index in [1.54, 1.807) is 10.8 Å². The number of non-ortho nitro benzene ring substituents is 1. The fourth-order valence-corrected chi connectivity index (χ4v) is 3.98. The second-order valence-corrected chi connectivity index (χ2v) is 14.4. The highest BCUT2D eigenvalue weighted by Gasteiger charge is 2.36. The van der Waals surface area contributed by atoms with Crippen molar-refractivity contribution in [3.8, 4) is 11.5 Å². The molecule has 7 nitrogen and oxygen atoms in total. The standard InChI is InChI=1S/C20H21ClF3N3O4Si/c1-32(2,3)9-8-30-12-26-11-15(21)18-17(6-7-25-19(18)26)31-16-5-4-13(27(28)29)10-14(16)20(22,23)24/h4-7,10-11H,8-9,12H2,1-3H3. The van der Waals surface area contributed by atoms with E-state index < -0.39 is 36.2 Å². The molecule has 0 saturated heterocycles. The van der Waals surface area contributed by atoms with Crippen LogP contribution in [0.5, 0.6) is 11.5 Å². The summed E-state index contributed by atoms with van der Waals surface area (Å²) < 4.78 is 53.4. The highest BCUT2D eigenvalue weighted by molar-refractivity contribution is 6.76. The van der Waals surface area contributed by atoms with Crippen molar-refractivity contribution >= 4 is 36.4 Å². The highest BCUT2D eigenvalue weighted by atomic mass is 35.5. The van der Waals surface area contributed by atoms with Crippen LogP contribution in [-0.4, -0.2) is 29.2 Å². The molecule has 1 aromatic carbocycles. The van der Waals surface area contributed by atoms with Crippen molar-refractivity contribution in [1.82, 2.24) is 9.55 Å². The van der Waals surface area contributed by atoms with Gasteiger partial charge in [-0.15, -0.1) is 0 Å². The molecule has 2 heterocycles. The average molecular weight is 488 g/mol. The summed E-state index contributed by atoms with van der Waals surface area (Å²) in [6, 6.07) is 4.65. The molecule has 0 spiro atoms. The number of fused-ring (bicyclic) bond motifs is 1. The molecule has 0 unspecified atom stereocenters. The molecule has 12 heteroatoms. The maximum Gasteiger partial charge on any atom is 0.420 e. The predicted octanol–water partition coefficient (Wildman–Crippen LogP) is 6.72. The lowest BCUT2D eigenvalue weighted by Crippen LogP contribution is -2.22. The number of pyridine rings is 1. The van der Waals surface area contributed by atoms with Crippen molar-refractivity contribution in [3.05, 3.63) is 57.4 Å². The van der Waals surface area contributed by atoms with Crippen molar-refractivity contribution in [2.24, 2.45) is 0 Å². The van der Waals surface area contributed by atoms with E-state index in [2.05, 4.69) is 24.6 Å². The summed E-state index contributed by atoms with van der Waals surface area (Å²) in [6.07, 6.45) is -1.90. The third-order valence-corrected chi connectivity index (χ3v) is 6.59. The largest absolute Gasteiger partial charge is 0.456 e. The van der Waals surface area contributed by atoms with E-state index in [-0.39, 0.29) is 17.5 Å². The van der Waals surface area contributed by atoms with Crippen LogP contribution in [0.2, 0.25) is 30.7 Å². The summed E-state index contributed by atoms with van der Waals surface area (Å²) in [5.41, 5.74) is -1.57. The van der Waals surface area contributed by atoms with E-state index in [1.165, 1.54) is 12.3 Å². The number of rotatable bonds is 8. The summed E-state index contributed by atoms with van der Waals surface area (Å²) in [7, 11) is -1.26. The number of hydrogen-bond acceptors (Lipinski definition) is 5. The van der Waals surface area contributed by atoms with Gasteiger partial charge in [-0.2, -0.15) is 13.2 Å². The van der Waals surface area contributed by atoms with Crippen LogP contribution in [0.25, 0.3) is 11.0 Å². The van der Waals surface area contributed by atoms with E-state index in [0.29, 0.717) is 23.7 Å². The second kappa shape index (κ2) is 9.08. The Morgan fingerprint density at radius 1 is 1.22 bits per heavy atom. The molecule has 3 rings (SSSR count). The minimum atomic E-state index is -4.85. The number of benzene rings is 1. The Bertz CT molecular complexity index is 1150. The summed E-state index contributed by atoms with van der Waals surface area (Å²) in [4.78, 5) is 14.3. The van der Waals surface area contributed by atoms with E-state index >= 15 is 0 Å². The van der Waals surface area contributed by atoms with Gasteiger partial charge in [0.15, 0.2) is 0 Å². The number of hydrogen-bond donors (Lipinski definition) is 0. The molecule has 0 aliphatic carbocycles. The molecular formula is C20H21ClF3N3O4Si. The quantitative estimate of drug-likeness (QED) is 0.152. The normalized spacial score (nSPS) is 12.3. The van der Waals surface area contributed by atoms with Crippen LogP contribution in [0.3, 0.4) is 0 Å². The summed E-state index contributed by atoms with van der Waals surface area (Å²) in [5, 5.41) is 11.4. The van der Waals surface area contributed by atoms with Crippen molar-refractivity contribution in [1.29, 1.82) is 0 Å². The molecule has 0 saturated carbocycles. The van der Waals surface area contributed by atoms with Gasteiger partial charge in [0.25, 0.3) is 5.69 Å². The summed E-state index contributed by atoms with van der Waals surface area (Å²) in [5.74, 6) is -0.536. The lowest BCUT2D eigenvalue weighted by molar-refractivity contribution is -0.385. The van der Waals surface area contributed by atoms with Crippen LogP contribution in [0.1, 0.15) is 5.56 Å². The van der Waals surface area contributed by atoms with Gasteiger partial charge < -0.3 is 14.0 Å². The number of halogens is 4. The van der Waals surface area contributed by atoms with Gasteiger partial charge in [-0.1, -0.05) is 31.2 Å². The monoisotopic (exact) mass is 487 g/mol. The van der Waals surface area contributed by atoms with Gasteiger partial charge in [-0.05, 0) is 18.2 Å². The van der Waals surface area contributed by atoms with E-state index in [1.807, 2.05) is 0 Å². The molecule has 172 valence electrons. The lowest BCUT2D eigenvalue weighted by atomic mass is 10.1. The van der Waals surface area contributed by atoms with Gasteiger partial charge in [0.1, 0.15) is 29.4 Å².